The van der Waals surface area contributed by atoms with Crippen molar-refractivity contribution in [3.8, 4) is 10.4 Å². The number of hydrogen-bond donors (Lipinski definition) is 2. The van der Waals surface area contributed by atoms with E-state index in [1.54, 1.807) is 0 Å². The van der Waals surface area contributed by atoms with Gasteiger partial charge in [-0.15, -0.1) is 11.3 Å². The first-order valence-electron chi connectivity index (χ1n) is 5.15. The zero-order valence-electron chi connectivity index (χ0n) is 9.19. The predicted molar refractivity (Wildman–Crippen MR) is 66.7 cm³/mol. The van der Waals surface area contributed by atoms with E-state index < -0.39 is 11.5 Å². The number of carboxylic acid groups (broad SMARTS) is 1. The Kier molecular flexibility index (Phi) is 3.10. The Hall–Kier alpha value is -1.88. The van der Waals surface area contributed by atoms with Crippen molar-refractivity contribution >= 4 is 17.3 Å². The number of thiophene rings is 1. The normalized spacial score (nSPS) is 10.4. The van der Waals surface area contributed by atoms with Crippen LogP contribution in [0.3, 0.4) is 0 Å². The minimum atomic E-state index is -1.09. The van der Waals surface area contributed by atoms with Gasteiger partial charge in [-0.1, -0.05) is 6.92 Å². The third-order valence-corrected chi connectivity index (χ3v) is 3.49. The molecule has 0 aromatic carbocycles. The highest BCUT2D eigenvalue weighted by atomic mass is 32.1. The van der Waals surface area contributed by atoms with Crippen LogP contribution in [0, 0.1) is 0 Å². The van der Waals surface area contributed by atoms with E-state index in [0.717, 1.165) is 22.9 Å². The molecule has 0 atom stereocenters. The van der Waals surface area contributed by atoms with Crippen LogP contribution in [0.15, 0.2) is 28.5 Å². The van der Waals surface area contributed by atoms with Crippen LogP contribution >= 0.6 is 11.3 Å². The van der Waals surface area contributed by atoms with Crippen LogP contribution in [-0.4, -0.2) is 16.1 Å². The summed E-state index contributed by atoms with van der Waals surface area (Å²) in [6, 6.07) is 3.06. The smallest absolute Gasteiger partial charge is 0.336 e. The van der Waals surface area contributed by atoms with Crippen LogP contribution in [0.25, 0.3) is 10.4 Å². The van der Waals surface area contributed by atoms with E-state index >= 15 is 0 Å². The monoisotopic (exact) mass is 249 g/mol. The number of pyridine rings is 1. The first-order chi connectivity index (χ1) is 8.11. The minimum absolute atomic E-state index is 0.0400. The van der Waals surface area contributed by atoms with Gasteiger partial charge in [0.2, 0.25) is 5.56 Å². The second kappa shape index (κ2) is 4.55. The molecule has 2 N–H and O–H groups in total. The highest BCUT2D eigenvalue weighted by Crippen LogP contribution is 2.29. The minimum Gasteiger partial charge on any atom is -0.478 e. The van der Waals surface area contributed by atoms with Crippen molar-refractivity contribution in [1.29, 1.82) is 0 Å². The summed E-state index contributed by atoms with van der Waals surface area (Å²) in [4.78, 5) is 25.6. The van der Waals surface area contributed by atoms with Crippen LogP contribution in [0.2, 0.25) is 0 Å². The molecule has 4 nitrogen and oxygen atoms in total. The summed E-state index contributed by atoms with van der Waals surface area (Å²) in [7, 11) is 0. The summed E-state index contributed by atoms with van der Waals surface area (Å²) < 4.78 is 0. The van der Waals surface area contributed by atoms with Crippen LogP contribution in [0.4, 0.5) is 0 Å². The Balaban J connectivity index is 2.58. The van der Waals surface area contributed by atoms with Crippen LogP contribution in [0.5, 0.6) is 0 Å². The number of carboxylic acids is 1. The quantitative estimate of drug-likeness (QED) is 0.877. The predicted octanol–water partition coefficient (Wildman–Crippen LogP) is 2.36. The van der Waals surface area contributed by atoms with Gasteiger partial charge < -0.3 is 10.1 Å². The lowest BCUT2D eigenvalue weighted by atomic mass is 10.1. The number of H-pyrrole nitrogens is 1. The molecule has 0 radical (unpaired) electrons. The molecule has 5 heteroatoms. The zero-order chi connectivity index (χ0) is 12.4. The van der Waals surface area contributed by atoms with Gasteiger partial charge in [0.05, 0.1) is 5.56 Å². The maximum absolute atomic E-state index is 11.1. The molecule has 0 aliphatic carbocycles. The number of aromatic nitrogens is 1. The van der Waals surface area contributed by atoms with E-state index in [1.807, 2.05) is 18.4 Å². The number of carbonyl (C=O) groups is 1. The summed E-state index contributed by atoms with van der Waals surface area (Å²) >= 11 is 1.48. The Labute approximate surface area is 102 Å². The summed E-state index contributed by atoms with van der Waals surface area (Å²) in [5.74, 6) is -1.09. The molecular formula is C12H11NO3S. The number of nitrogens with one attached hydrogen (secondary N) is 1. The van der Waals surface area contributed by atoms with Crippen LogP contribution in [0.1, 0.15) is 22.8 Å². The maximum Gasteiger partial charge on any atom is 0.336 e. The van der Waals surface area contributed by atoms with Gasteiger partial charge in [0, 0.05) is 22.7 Å². The molecule has 2 aromatic rings. The number of aromatic amines is 1. The first-order valence-corrected chi connectivity index (χ1v) is 6.03. The third-order valence-electron chi connectivity index (χ3n) is 2.48. The van der Waals surface area contributed by atoms with Gasteiger partial charge >= 0.3 is 5.97 Å². The van der Waals surface area contributed by atoms with Crippen molar-refractivity contribution in [2.45, 2.75) is 13.3 Å². The average molecular weight is 249 g/mol. The maximum atomic E-state index is 11.1. The van der Waals surface area contributed by atoms with Crippen molar-refractivity contribution in [3.05, 3.63) is 45.2 Å². The number of hydrogen-bond acceptors (Lipinski definition) is 3. The van der Waals surface area contributed by atoms with Crippen LogP contribution in [-0.2, 0) is 6.42 Å². The molecule has 0 fully saturated rings. The summed E-state index contributed by atoms with van der Waals surface area (Å²) in [5, 5.41) is 11.1. The van der Waals surface area contributed by atoms with Gasteiger partial charge in [0.25, 0.3) is 0 Å². The molecule has 17 heavy (non-hydrogen) atoms. The van der Waals surface area contributed by atoms with Gasteiger partial charge in [0.15, 0.2) is 0 Å². The molecule has 0 aliphatic heterocycles. The highest BCUT2D eigenvalue weighted by Gasteiger charge is 2.13. The van der Waals surface area contributed by atoms with E-state index in [2.05, 4.69) is 4.98 Å². The fourth-order valence-corrected chi connectivity index (χ4v) is 2.58. The molecule has 88 valence electrons. The lowest BCUT2D eigenvalue weighted by Crippen LogP contribution is -2.10. The number of rotatable bonds is 3. The van der Waals surface area contributed by atoms with Crippen molar-refractivity contribution < 1.29 is 9.90 Å². The van der Waals surface area contributed by atoms with Crippen molar-refractivity contribution in [1.82, 2.24) is 4.98 Å². The standard InChI is InChI=1S/C12H11NO3S/c1-2-7-3-10(17-6-7)9-5-13-11(14)4-8(9)12(15)16/h3-6H,2H2,1H3,(H,13,14)(H,15,16). The molecule has 0 aliphatic rings. The third kappa shape index (κ3) is 2.29. The molecule has 2 aromatic heterocycles. The second-order valence-electron chi connectivity index (χ2n) is 3.60. The highest BCUT2D eigenvalue weighted by molar-refractivity contribution is 7.13. The molecule has 0 saturated heterocycles. The van der Waals surface area contributed by atoms with Crippen molar-refractivity contribution in [3.63, 3.8) is 0 Å². The molecule has 2 heterocycles. The van der Waals surface area contributed by atoms with Gasteiger partial charge in [-0.25, -0.2) is 4.79 Å². The van der Waals surface area contributed by atoms with Crippen molar-refractivity contribution in [2.75, 3.05) is 0 Å². The van der Waals surface area contributed by atoms with Gasteiger partial charge in [-0.3, -0.25) is 4.79 Å². The summed E-state index contributed by atoms with van der Waals surface area (Å²) in [5.41, 5.74) is 1.35. The second-order valence-corrected chi connectivity index (χ2v) is 4.51. The zero-order valence-corrected chi connectivity index (χ0v) is 10.0. The average Bonchev–Trinajstić information content (AvgIpc) is 2.77. The molecular weight excluding hydrogens is 238 g/mol. The van der Waals surface area contributed by atoms with E-state index in [1.165, 1.54) is 17.5 Å². The molecule has 0 bridgehead atoms. The largest absolute Gasteiger partial charge is 0.478 e. The number of aromatic carboxylic acids is 1. The Morgan fingerprint density at radius 2 is 2.24 bits per heavy atom. The van der Waals surface area contributed by atoms with Gasteiger partial charge in [-0.2, -0.15) is 0 Å². The van der Waals surface area contributed by atoms with E-state index in [4.69, 9.17) is 5.11 Å². The Morgan fingerprint density at radius 3 is 2.82 bits per heavy atom. The van der Waals surface area contributed by atoms with E-state index in [0.29, 0.717) is 5.56 Å². The Bertz CT molecular complexity index is 612. The molecule has 0 saturated carbocycles. The fourth-order valence-electron chi connectivity index (χ4n) is 1.55. The Morgan fingerprint density at radius 1 is 1.47 bits per heavy atom. The lowest BCUT2D eigenvalue weighted by Gasteiger charge is -2.01. The van der Waals surface area contributed by atoms with Crippen LogP contribution < -0.4 is 5.56 Å². The first kappa shape index (κ1) is 11.6. The van der Waals surface area contributed by atoms with Gasteiger partial charge in [-0.05, 0) is 23.4 Å². The van der Waals surface area contributed by atoms with Gasteiger partial charge in [0.1, 0.15) is 0 Å². The van der Waals surface area contributed by atoms with E-state index in [9.17, 15) is 9.59 Å². The lowest BCUT2D eigenvalue weighted by molar-refractivity contribution is 0.0697. The molecule has 0 spiro atoms. The number of aryl methyl sites for hydroxylation is 1. The molecule has 2 rings (SSSR count). The molecule has 0 unspecified atom stereocenters. The van der Waals surface area contributed by atoms with E-state index in [-0.39, 0.29) is 5.56 Å². The summed E-state index contributed by atoms with van der Waals surface area (Å²) in [6.45, 7) is 2.04. The fraction of sp³-hybridized carbons (Fsp3) is 0.167. The topological polar surface area (TPSA) is 70.2 Å². The SMILES string of the molecule is CCc1csc(-c2c[nH]c(=O)cc2C(=O)O)c1. The summed E-state index contributed by atoms with van der Waals surface area (Å²) in [6.07, 6.45) is 2.36. The molecule has 0 amide bonds. The van der Waals surface area contributed by atoms with Crippen molar-refractivity contribution in [2.24, 2.45) is 0 Å².